The lowest BCUT2D eigenvalue weighted by molar-refractivity contribution is 0.0945. The average Bonchev–Trinajstić information content (AvgIpc) is 2.90. The Hall–Kier alpha value is -1.73. The number of rotatable bonds is 6. The van der Waals surface area contributed by atoms with Gasteiger partial charge in [0.05, 0.1) is 17.9 Å². The second-order valence-corrected chi connectivity index (χ2v) is 5.39. The van der Waals surface area contributed by atoms with Gasteiger partial charge in [-0.2, -0.15) is 0 Å². The number of amides is 1. The number of nitrogen functional groups attached to an aromatic ring is 1. The highest BCUT2D eigenvalue weighted by Gasteiger charge is 2.22. The maximum Gasteiger partial charge on any atom is 0.254 e. The van der Waals surface area contributed by atoms with Gasteiger partial charge in [-0.3, -0.25) is 4.79 Å². The Bertz CT molecular complexity index is 494. The fourth-order valence-corrected chi connectivity index (χ4v) is 2.54. The summed E-state index contributed by atoms with van der Waals surface area (Å²) in [5.74, 6) is 0.539. The van der Waals surface area contributed by atoms with Crippen molar-refractivity contribution >= 4 is 11.9 Å². The zero-order valence-corrected chi connectivity index (χ0v) is 12.6. The lowest BCUT2D eigenvalue weighted by atomic mass is 10.1. The molecular weight excluding hydrogens is 270 g/mol. The van der Waals surface area contributed by atoms with Crippen LogP contribution in [0.25, 0.3) is 0 Å². The Kier molecular flexibility index (Phi) is 5.46. The summed E-state index contributed by atoms with van der Waals surface area (Å²) >= 11 is 0. The number of anilines is 1. The van der Waals surface area contributed by atoms with Crippen LogP contribution < -0.4 is 11.1 Å². The summed E-state index contributed by atoms with van der Waals surface area (Å²) in [6, 6.07) is 0. The van der Waals surface area contributed by atoms with Crippen molar-refractivity contribution < 1.29 is 9.53 Å². The third kappa shape index (κ3) is 4.37. The van der Waals surface area contributed by atoms with Gasteiger partial charge in [-0.05, 0) is 25.8 Å². The van der Waals surface area contributed by atoms with E-state index in [9.17, 15) is 4.79 Å². The lowest BCUT2D eigenvalue weighted by Crippen LogP contribution is -2.32. The molecule has 0 spiro atoms. The SMILES string of the molecule is COCCN1CC[C@@H](CNC(=O)c2cnc(N)nc2C)C1. The van der Waals surface area contributed by atoms with Gasteiger partial charge < -0.3 is 20.7 Å². The highest BCUT2D eigenvalue weighted by molar-refractivity contribution is 5.94. The zero-order chi connectivity index (χ0) is 15.2. The first-order valence-electron chi connectivity index (χ1n) is 7.18. The lowest BCUT2D eigenvalue weighted by Gasteiger charge is -2.15. The first kappa shape index (κ1) is 15.7. The first-order chi connectivity index (χ1) is 10.1. The number of nitrogens with one attached hydrogen (secondary N) is 1. The number of nitrogens with zero attached hydrogens (tertiary/aromatic N) is 3. The number of aromatic nitrogens is 2. The summed E-state index contributed by atoms with van der Waals surface area (Å²) in [4.78, 5) is 22.4. The molecule has 0 aromatic carbocycles. The van der Waals surface area contributed by atoms with Gasteiger partial charge in [-0.1, -0.05) is 0 Å². The Morgan fingerprint density at radius 1 is 1.62 bits per heavy atom. The molecule has 0 aliphatic carbocycles. The summed E-state index contributed by atoms with van der Waals surface area (Å²) < 4.78 is 5.08. The van der Waals surface area contributed by atoms with Gasteiger partial charge in [0, 0.05) is 32.9 Å². The summed E-state index contributed by atoms with van der Waals surface area (Å²) in [6.07, 6.45) is 2.58. The van der Waals surface area contributed by atoms with E-state index < -0.39 is 0 Å². The molecule has 1 atom stereocenters. The van der Waals surface area contributed by atoms with E-state index in [1.54, 1.807) is 14.0 Å². The molecule has 0 unspecified atom stereocenters. The molecule has 1 saturated heterocycles. The minimum Gasteiger partial charge on any atom is -0.383 e. The van der Waals surface area contributed by atoms with Gasteiger partial charge in [0.15, 0.2) is 0 Å². The molecule has 2 heterocycles. The standard InChI is InChI=1S/C14H23N5O2/c1-10-12(8-17-14(15)18-10)13(20)16-7-11-3-4-19(9-11)5-6-21-2/h8,11H,3-7,9H2,1-2H3,(H,16,20)(H2,15,17,18)/t11-/m0/s1. The van der Waals surface area contributed by atoms with Crippen molar-refractivity contribution in [3.05, 3.63) is 17.5 Å². The van der Waals surface area contributed by atoms with E-state index in [4.69, 9.17) is 10.5 Å². The van der Waals surface area contributed by atoms with Crippen LogP contribution in [0.2, 0.25) is 0 Å². The molecule has 0 saturated carbocycles. The molecule has 1 aromatic heterocycles. The fourth-order valence-electron chi connectivity index (χ4n) is 2.54. The highest BCUT2D eigenvalue weighted by atomic mass is 16.5. The molecule has 0 radical (unpaired) electrons. The van der Waals surface area contributed by atoms with Crippen molar-refractivity contribution in [1.29, 1.82) is 0 Å². The van der Waals surface area contributed by atoms with Gasteiger partial charge in [0.2, 0.25) is 5.95 Å². The topological polar surface area (TPSA) is 93.4 Å². The van der Waals surface area contributed by atoms with E-state index in [-0.39, 0.29) is 11.9 Å². The number of likely N-dealkylation sites (tertiary alicyclic amines) is 1. The van der Waals surface area contributed by atoms with Crippen LogP contribution in [-0.4, -0.2) is 60.7 Å². The normalized spacial score (nSPS) is 18.9. The Morgan fingerprint density at radius 2 is 2.43 bits per heavy atom. The number of carbonyl (C=O) groups excluding carboxylic acids is 1. The summed E-state index contributed by atoms with van der Waals surface area (Å²) in [6.45, 7) is 6.20. The van der Waals surface area contributed by atoms with Crippen LogP contribution in [0.4, 0.5) is 5.95 Å². The molecule has 1 amide bonds. The van der Waals surface area contributed by atoms with Crippen LogP contribution in [0, 0.1) is 12.8 Å². The summed E-state index contributed by atoms with van der Waals surface area (Å²) in [5.41, 5.74) is 6.58. The maximum absolute atomic E-state index is 12.1. The molecule has 7 nitrogen and oxygen atoms in total. The molecule has 116 valence electrons. The fraction of sp³-hybridized carbons (Fsp3) is 0.643. The summed E-state index contributed by atoms with van der Waals surface area (Å²) in [7, 11) is 1.71. The molecule has 1 aliphatic rings. The molecule has 1 fully saturated rings. The van der Waals surface area contributed by atoms with E-state index in [0.717, 1.165) is 32.7 Å². The minimum atomic E-state index is -0.136. The smallest absolute Gasteiger partial charge is 0.254 e. The van der Waals surface area contributed by atoms with Crippen LogP contribution in [-0.2, 0) is 4.74 Å². The van der Waals surface area contributed by atoms with E-state index in [0.29, 0.717) is 23.7 Å². The number of nitrogens with two attached hydrogens (primary N) is 1. The molecule has 0 bridgehead atoms. The van der Waals surface area contributed by atoms with Gasteiger partial charge in [0.1, 0.15) is 0 Å². The van der Waals surface area contributed by atoms with E-state index >= 15 is 0 Å². The maximum atomic E-state index is 12.1. The summed E-state index contributed by atoms with van der Waals surface area (Å²) in [5, 5.41) is 2.96. The van der Waals surface area contributed by atoms with Crippen molar-refractivity contribution in [2.75, 3.05) is 45.6 Å². The third-order valence-corrected chi connectivity index (χ3v) is 3.78. The van der Waals surface area contributed by atoms with Crippen molar-refractivity contribution in [1.82, 2.24) is 20.2 Å². The van der Waals surface area contributed by atoms with E-state index in [2.05, 4.69) is 20.2 Å². The Labute approximate surface area is 124 Å². The van der Waals surface area contributed by atoms with Crippen LogP contribution in [0.1, 0.15) is 22.5 Å². The number of hydrogen-bond donors (Lipinski definition) is 2. The van der Waals surface area contributed by atoms with Gasteiger partial charge in [-0.25, -0.2) is 9.97 Å². The zero-order valence-electron chi connectivity index (χ0n) is 12.6. The minimum absolute atomic E-state index is 0.136. The quantitative estimate of drug-likeness (QED) is 0.770. The second-order valence-electron chi connectivity index (χ2n) is 5.39. The van der Waals surface area contributed by atoms with Crippen LogP contribution in [0.3, 0.4) is 0 Å². The van der Waals surface area contributed by atoms with Crippen molar-refractivity contribution in [3.63, 3.8) is 0 Å². The van der Waals surface area contributed by atoms with E-state index in [1.165, 1.54) is 6.20 Å². The Morgan fingerprint density at radius 3 is 3.14 bits per heavy atom. The third-order valence-electron chi connectivity index (χ3n) is 3.78. The number of aryl methyl sites for hydroxylation is 1. The van der Waals surface area contributed by atoms with Crippen molar-refractivity contribution in [3.8, 4) is 0 Å². The first-order valence-corrected chi connectivity index (χ1v) is 7.18. The number of ether oxygens (including phenoxy) is 1. The van der Waals surface area contributed by atoms with Crippen LogP contribution in [0.5, 0.6) is 0 Å². The molecule has 1 aliphatic heterocycles. The van der Waals surface area contributed by atoms with E-state index in [1.807, 2.05) is 0 Å². The van der Waals surface area contributed by atoms with Gasteiger partial charge >= 0.3 is 0 Å². The monoisotopic (exact) mass is 293 g/mol. The largest absolute Gasteiger partial charge is 0.383 e. The van der Waals surface area contributed by atoms with Gasteiger partial charge in [-0.15, -0.1) is 0 Å². The molecule has 7 heteroatoms. The van der Waals surface area contributed by atoms with Crippen molar-refractivity contribution in [2.45, 2.75) is 13.3 Å². The van der Waals surface area contributed by atoms with Gasteiger partial charge in [0.25, 0.3) is 5.91 Å². The number of hydrogen-bond acceptors (Lipinski definition) is 6. The average molecular weight is 293 g/mol. The van der Waals surface area contributed by atoms with Crippen LogP contribution >= 0.6 is 0 Å². The number of methoxy groups -OCH3 is 1. The predicted octanol–water partition coefficient (Wildman–Crippen LogP) is 0.0653. The van der Waals surface area contributed by atoms with Crippen molar-refractivity contribution in [2.24, 2.45) is 5.92 Å². The second kappa shape index (κ2) is 7.33. The molecule has 21 heavy (non-hydrogen) atoms. The molecular formula is C14H23N5O2. The van der Waals surface area contributed by atoms with Crippen LogP contribution in [0.15, 0.2) is 6.20 Å². The molecule has 3 N–H and O–H groups in total. The number of carbonyl (C=O) groups is 1. The Balaban J connectivity index is 1.79. The molecule has 2 rings (SSSR count). The molecule has 1 aromatic rings. The highest BCUT2D eigenvalue weighted by Crippen LogP contribution is 2.15. The predicted molar refractivity (Wildman–Crippen MR) is 79.9 cm³/mol.